The van der Waals surface area contributed by atoms with Crippen LogP contribution in [-0.2, 0) is 7.05 Å². The third-order valence-electron chi connectivity index (χ3n) is 2.80. The number of aryl methyl sites for hydroxylation is 1. The highest BCUT2D eigenvalue weighted by molar-refractivity contribution is 6.43. The van der Waals surface area contributed by atoms with Crippen LogP contribution >= 0.6 is 23.2 Å². The van der Waals surface area contributed by atoms with Crippen LogP contribution in [0.1, 0.15) is 29.1 Å². The quantitative estimate of drug-likeness (QED) is 0.850. The van der Waals surface area contributed by atoms with Crippen LogP contribution in [0.5, 0.6) is 0 Å². The first-order valence-electron chi connectivity index (χ1n) is 5.79. The summed E-state index contributed by atoms with van der Waals surface area (Å²) in [7, 11) is 1.80. The van der Waals surface area contributed by atoms with Crippen LogP contribution in [0.15, 0.2) is 18.5 Å². The molecule has 0 saturated carbocycles. The summed E-state index contributed by atoms with van der Waals surface area (Å²) in [6, 6.07) is 2.65. The average molecular weight is 314 g/mol. The van der Waals surface area contributed by atoms with E-state index in [-0.39, 0.29) is 27.7 Å². The molecule has 8 heteroatoms. The van der Waals surface area contributed by atoms with Gasteiger partial charge in [0.05, 0.1) is 21.8 Å². The fourth-order valence-electron chi connectivity index (χ4n) is 1.77. The van der Waals surface area contributed by atoms with Gasteiger partial charge in [-0.15, -0.1) is 10.2 Å². The molecule has 0 aliphatic heterocycles. The van der Waals surface area contributed by atoms with Crippen LogP contribution in [-0.4, -0.2) is 20.7 Å². The number of anilines is 1. The van der Waals surface area contributed by atoms with Gasteiger partial charge in [-0.2, -0.15) is 0 Å². The van der Waals surface area contributed by atoms with Gasteiger partial charge in [-0.25, -0.2) is 0 Å². The van der Waals surface area contributed by atoms with E-state index in [4.69, 9.17) is 28.9 Å². The molecule has 0 radical (unpaired) electrons. The maximum absolute atomic E-state index is 12.2. The number of nitrogens with two attached hydrogens (primary N) is 1. The number of nitrogen functional groups attached to an aromatic ring is 1. The summed E-state index contributed by atoms with van der Waals surface area (Å²) in [4.78, 5) is 12.2. The predicted molar refractivity (Wildman–Crippen MR) is 77.8 cm³/mol. The Bertz CT molecular complexity index is 632. The Labute approximate surface area is 125 Å². The summed E-state index contributed by atoms with van der Waals surface area (Å²) < 4.78 is 1.73. The molecule has 0 aliphatic carbocycles. The number of rotatable bonds is 3. The first-order chi connectivity index (χ1) is 9.40. The maximum atomic E-state index is 12.2. The van der Waals surface area contributed by atoms with Gasteiger partial charge in [0.15, 0.2) is 5.82 Å². The fourth-order valence-corrected chi connectivity index (χ4v) is 2.11. The van der Waals surface area contributed by atoms with Crippen LogP contribution in [0.3, 0.4) is 0 Å². The van der Waals surface area contributed by atoms with Crippen molar-refractivity contribution < 1.29 is 4.79 Å². The van der Waals surface area contributed by atoms with Gasteiger partial charge < -0.3 is 15.6 Å². The van der Waals surface area contributed by atoms with Gasteiger partial charge in [0, 0.05) is 12.6 Å². The number of aromatic nitrogens is 3. The Morgan fingerprint density at radius 1 is 1.45 bits per heavy atom. The molecule has 1 aromatic carbocycles. The summed E-state index contributed by atoms with van der Waals surface area (Å²) in [6.45, 7) is 1.81. The molecule has 0 aliphatic rings. The lowest BCUT2D eigenvalue weighted by Gasteiger charge is -2.13. The molecule has 2 rings (SSSR count). The highest BCUT2D eigenvalue weighted by Gasteiger charge is 2.17. The maximum Gasteiger partial charge on any atom is 0.251 e. The molecule has 3 N–H and O–H groups in total. The largest absolute Gasteiger partial charge is 0.397 e. The Hall–Kier alpha value is -1.79. The second kappa shape index (κ2) is 5.68. The molecule has 1 unspecified atom stereocenters. The molecule has 0 bridgehead atoms. The molecule has 6 nitrogen and oxygen atoms in total. The highest BCUT2D eigenvalue weighted by Crippen LogP contribution is 2.29. The summed E-state index contributed by atoms with van der Waals surface area (Å²) in [5, 5.41) is 11.0. The predicted octanol–water partition coefficient (Wildman–Crippen LogP) is 2.20. The van der Waals surface area contributed by atoms with Gasteiger partial charge in [0.1, 0.15) is 6.33 Å². The number of hydrogen-bond donors (Lipinski definition) is 2. The van der Waals surface area contributed by atoms with Crippen molar-refractivity contribution >= 4 is 34.8 Å². The summed E-state index contributed by atoms with van der Waals surface area (Å²) in [5.41, 5.74) is 6.28. The smallest absolute Gasteiger partial charge is 0.251 e. The molecule has 106 valence electrons. The number of hydrogen-bond acceptors (Lipinski definition) is 4. The standard InChI is InChI=1S/C12H13Cl2N5O/c1-6(11-18-16-5-19(11)2)17-12(20)7-3-8(13)10(14)9(15)4-7/h3-6H,15H2,1-2H3,(H,17,20). The molecule has 1 amide bonds. The Morgan fingerprint density at radius 2 is 2.15 bits per heavy atom. The summed E-state index contributed by atoms with van der Waals surface area (Å²) in [5.74, 6) is 0.331. The van der Waals surface area contributed by atoms with E-state index in [1.807, 2.05) is 6.92 Å². The lowest BCUT2D eigenvalue weighted by atomic mass is 10.1. The van der Waals surface area contributed by atoms with Gasteiger partial charge in [0.2, 0.25) is 0 Å². The van der Waals surface area contributed by atoms with E-state index >= 15 is 0 Å². The minimum Gasteiger partial charge on any atom is -0.397 e. The van der Waals surface area contributed by atoms with E-state index < -0.39 is 0 Å². The van der Waals surface area contributed by atoms with Crippen molar-refractivity contribution in [3.63, 3.8) is 0 Å². The van der Waals surface area contributed by atoms with E-state index in [0.29, 0.717) is 11.4 Å². The fraction of sp³-hybridized carbons (Fsp3) is 0.250. The van der Waals surface area contributed by atoms with Crippen LogP contribution in [0.4, 0.5) is 5.69 Å². The average Bonchev–Trinajstić information content (AvgIpc) is 2.81. The molecular formula is C12H13Cl2N5O. The Balaban J connectivity index is 2.19. The summed E-state index contributed by atoms with van der Waals surface area (Å²) >= 11 is 11.8. The van der Waals surface area contributed by atoms with Gasteiger partial charge in [-0.05, 0) is 19.1 Å². The second-order valence-corrected chi connectivity index (χ2v) is 5.14. The number of halogens is 2. The van der Waals surface area contributed by atoms with E-state index in [9.17, 15) is 4.79 Å². The first kappa shape index (κ1) is 14.6. The van der Waals surface area contributed by atoms with Gasteiger partial charge in [0.25, 0.3) is 5.91 Å². The lowest BCUT2D eigenvalue weighted by Crippen LogP contribution is -2.28. The monoisotopic (exact) mass is 313 g/mol. The van der Waals surface area contributed by atoms with Crippen molar-refractivity contribution in [1.82, 2.24) is 20.1 Å². The molecule has 20 heavy (non-hydrogen) atoms. The molecule has 0 spiro atoms. The van der Waals surface area contributed by atoms with E-state index in [1.165, 1.54) is 12.1 Å². The second-order valence-electron chi connectivity index (χ2n) is 4.36. The van der Waals surface area contributed by atoms with Crippen molar-refractivity contribution in [3.05, 3.63) is 39.9 Å². The van der Waals surface area contributed by atoms with Crippen LogP contribution < -0.4 is 11.1 Å². The van der Waals surface area contributed by atoms with Crippen molar-refractivity contribution in [2.45, 2.75) is 13.0 Å². The van der Waals surface area contributed by atoms with Crippen LogP contribution in [0.2, 0.25) is 10.0 Å². The van der Waals surface area contributed by atoms with Gasteiger partial charge >= 0.3 is 0 Å². The normalized spacial score (nSPS) is 12.2. The SMILES string of the molecule is CC(NC(=O)c1cc(N)c(Cl)c(Cl)c1)c1nncn1C. The van der Waals surface area contributed by atoms with E-state index in [1.54, 1.807) is 17.9 Å². The molecule has 1 heterocycles. The zero-order valence-electron chi connectivity index (χ0n) is 10.9. The number of amides is 1. The zero-order valence-corrected chi connectivity index (χ0v) is 12.4. The third-order valence-corrected chi connectivity index (χ3v) is 3.62. The number of nitrogens with zero attached hydrogens (tertiary/aromatic N) is 3. The van der Waals surface area contributed by atoms with Crippen molar-refractivity contribution in [2.24, 2.45) is 7.05 Å². The van der Waals surface area contributed by atoms with Crippen molar-refractivity contribution in [2.75, 3.05) is 5.73 Å². The molecule has 1 atom stereocenters. The molecular weight excluding hydrogens is 301 g/mol. The topological polar surface area (TPSA) is 85.8 Å². The lowest BCUT2D eigenvalue weighted by molar-refractivity contribution is 0.0938. The number of carbonyl (C=O) groups is 1. The first-order valence-corrected chi connectivity index (χ1v) is 6.55. The number of carbonyl (C=O) groups excluding carboxylic acids is 1. The van der Waals surface area contributed by atoms with Crippen LogP contribution in [0.25, 0.3) is 0 Å². The zero-order chi connectivity index (χ0) is 14.9. The van der Waals surface area contributed by atoms with Gasteiger partial charge in [-0.1, -0.05) is 23.2 Å². The highest BCUT2D eigenvalue weighted by atomic mass is 35.5. The van der Waals surface area contributed by atoms with Crippen molar-refractivity contribution in [1.29, 1.82) is 0 Å². The van der Waals surface area contributed by atoms with Crippen molar-refractivity contribution in [3.8, 4) is 0 Å². The molecule has 1 aromatic heterocycles. The molecule has 0 saturated heterocycles. The van der Waals surface area contributed by atoms with Gasteiger partial charge in [-0.3, -0.25) is 4.79 Å². The number of benzene rings is 1. The van der Waals surface area contributed by atoms with E-state index in [0.717, 1.165) is 0 Å². The minimum absolute atomic E-state index is 0.239. The molecule has 0 fully saturated rings. The molecule has 2 aromatic rings. The third kappa shape index (κ3) is 2.86. The minimum atomic E-state index is -0.314. The van der Waals surface area contributed by atoms with Crippen LogP contribution in [0, 0.1) is 0 Å². The summed E-state index contributed by atoms with van der Waals surface area (Å²) in [6.07, 6.45) is 1.56. The number of nitrogens with one attached hydrogen (secondary N) is 1. The Kier molecular flexibility index (Phi) is 4.15. The Morgan fingerprint density at radius 3 is 2.70 bits per heavy atom. The van der Waals surface area contributed by atoms with E-state index in [2.05, 4.69) is 15.5 Å².